The maximum Gasteiger partial charge on any atom is 0.325 e. The van der Waals surface area contributed by atoms with Crippen molar-refractivity contribution in [1.29, 1.82) is 0 Å². The number of morpholine rings is 1. The second-order valence-electron chi connectivity index (χ2n) is 7.96. The summed E-state index contributed by atoms with van der Waals surface area (Å²) in [6.07, 6.45) is -1.20. The number of esters is 1. The van der Waals surface area contributed by atoms with E-state index >= 15 is 0 Å². The summed E-state index contributed by atoms with van der Waals surface area (Å²) in [5, 5.41) is 0.390. The van der Waals surface area contributed by atoms with Gasteiger partial charge in [0.25, 0.3) is 5.91 Å². The Morgan fingerprint density at radius 3 is 2.21 bits per heavy atom. The highest BCUT2D eigenvalue weighted by atomic mass is 35.5. The molecular formula is C23H27ClN2O6S. The molecule has 1 aliphatic heterocycles. The number of nitrogens with one attached hydrogen (secondary N) is 1. The molecule has 0 bridgehead atoms. The SMILES string of the molecule is CC(C)C(NS(=O)(=O)c1ccc(Cl)cc1)C(=O)OC(C(=O)N1CCOCC1)c1ccccc1. The van der Waals surface area contributed by atoms with E-state index in [2.05, 4.69) is 4.72 Å². The van der Waals surface area contributed by atoms with E-state index in [0.29, 0.717) is 36.9 Å². The molecule has 0 aromatic heterocycles. The smallest absolute Gasteiger partial charge is 0.325 e. The highest BCUT2D eigenvalue weighted by Crippen LogP contribution is 2.23. The number of halogens is 1. The molecule has 0 spiro atoms. The molecule has 2 atom stereocenters. The first-order valence-corrected chi connectivity index (χ1v) is 12.4. The van der Waals surface area contributed by atoms with Gasteiger partial charge in [-0.3, -0.25) is 9.59 Å². The van der Waals surface area contributed by atoms with E-state index < -0.39 is 34.1 Å². The Bertz CT molecular complexity index is 1050. The summed E-state index contributed by atoms with van der Waals surface area (Å²) in [6.45, 7) is 4.95. The topological polar surface area (TPSA) is 102 Å². The summed E-state index contributed by atoms with van der Waals surface area (Å²) in [5.74, 6) is -1.64. The normalized spacial score (nSPS) is 16.3. The summed E-state index contributed by atoms with van der Waals surface area (Å²) in [7, 11) is -4.03. The van der Waals surface area contributed by atoms with Crippen molar-refractivity contribution in [2.45, 2.75) is 30.9 Å². The van der Waals surface area contributed by atoms with Gasteiger partial charge in [-0.15, -0.1) is 0 Å². The van der Waals surface area contributed by atoms with Crippen LogP contribution in [0.15, 0.2) is 59.5 Å². The first-order valence-electron chi connectivity index (χ1n) is 10.6. The van der Waals surface area contributed by atoms with Crippen molar-refractivity contribution in [2.24, 2.45) is 5.92 Å². The van der Waals surface area contributed by atoms with Crippen LogP contribution >= 0.6 is 11.6 Å². The van der Waals surface area contributed by atoms with E-state index in [-0.39, 0.29) is 10.8 Å². The zero-order chi connectivity index (χ0) is 24.0. The first kappa shape index (κ1) is 25.2. The molecule has 1 fully saturated rings. The van der Waals surface area contributed by atoms with E-state index in [1.54, 1.807) is 49.1 Å². The first-order chi connectivity index (χ1) is 15.7. The van der Waals surface area contributed by atoms with Gasteiger partial charge in [-0.1, -0.05) is 55.8 Å². The van der Waals surface area contributed by atoms with Gasteiger partial charge in [0.05, 0.1) is 18.1 Å². The van der Waals surface area contributed by atoms with Gasteiger partial charge in [0.1, 0.15) is 6.04 Å². The second-order valence-corrected chi connectivity index (χ2v) is 10.1. The Balaban J connectivity index is 1.83. The van der Waals surface area contributed by atoms with E-state index in [9.17, 15) is 18.0 Å². The summed E-state index contributed by atoms with van der Waals surface area (Å²) in [6, 6.07) is 13.1. The molecule has 8 nitrogen and oxygen atoms in total. The second kappa shape index (κ2) is 11.1. The van der Waals surface area contributed by atoms with E-state index in [1.807, 2.05) is 0 Å². The van der Waals surface area contributed by atoms with E-state index in [1.165, 1.54) is 24.3 Å². The lowest BCUT2D eigenvalue weighted by atomic mass is 10.0. The average Bonchev–Trinajstić information content (AvgIpc) is 2.81. The van der Waals surface area contributed by atoms with Crippen LogP contribution < -0.4 is 4.72 Å². The number of hydrogen-bond donors (Lipinski definition) is 1. The van der Waals surface area contributed by atoms with Crippen LogP contribution in [0.25, 0.3) is 0 Å². The third-order valence-corrected chi connectivity index (χ3v) is 6.92. The van der Waals surface area contributed by atoms with Crippen molar-refractivity contribution in [3.8, 4) is 0 Å². The van der Waals surface area contributed by atoms with Crippen molar-refractivity contribution in [3.63, 3.8) is 0 Å². The molecule has 10 heteroatoms. The van der Waals surface area contributed by atoms with Crippen molar-refractivity contribution < 1.29 is 27.5 Å². The van der Waals surface area contributed by atoms with Crippen LogP contribution in [0, 0.1) is 5.92 Å². The number of amides is 1. The molecule has 0 aliphatic carbocycles. The molecular weight excluding hydrogens is 468 g/mol. The van der Waals surface area contributed by atoms with Crippen LogP contribution in [0.3, 0.4) is 0 Å². The molecule has 1 heterocycles. The molecule has 33 heavy (non-hydrogen) atoms. The Kier molecular flexibility index (Phi) is 8.47. The molecule has 3 rings (SSSR count). The highest BCUT2D eigenvalue weighted by molar-refractivity contribution is 7.89. The fourth-order valence-electron chi connectivity index (χ4n) is 3.33. The quantitative estimate of drug-likeness (QED) is 0.566. The maximum absolute atomic E-state index is 13.2. The van der Waals surface area contributed by atoms with E-state index in [4.69, 9.17) is 21.1 Å². The fraction of sp³-hybridized carbons (Fsp3) is 0.391. The highest BCUT2D eigenvalue weighted by Gasteiger charge is 2.35. The molecule has 178 valence electrons. The number of nitrogens with zero attached hydrogens (tertiary/aromatic N) is 1. The van der Waals surface area contributed by atoms with Crippen LogP contribution in [0.2, 0.25) is 5.02 Å². The summed E-state index contributed by atoms with van der Waals surface area (Å²) < 4.78 is 39.1. The van der Waals surface area contributed by atoms with Gasteiger partial charge in [-0.2, -0.15) is 4.72 Å². The lowest BCUT2D eigenvalue weighted by Gasteiger charge is -2.31. The number of sulfonamides is 1. The third-order valence-electron chi connectivity index (χ3n) is 5.21. The fourth-order valence-corrected chi connectivity index (χ4v) is 4.79. The Hall–Kier alpha value is -2.46. The zero-order valence-electron chi connectivity index (χ0n) is 18.4. The lowest BCUT2D eigenvalue weighted by Crippen LogP contribution is -2.48. The Labute approximate surface area is 198 Å². The van der Waals surface area contributed by atoms with Crippen molar-refractivity contribution >= 4 is 33.5 Å². The predicted molar refractivity (Wildman–Crippen MR) is 123 cm³/mol. The predicted octanol–water partition coefficient (Wildman–Crippen LogP) is 2.79. The van der Waals surface area contributed by atoms with E-state index in [0.717, 1.165) is 0 Å². The van der Waals surface area contributed by atoms with Gasteiger partial charge in [0.15, 0.2) is 0 Å². The van der Waals surface area contributed by atoms with Crippen LogP contribution in [0.4, 0.5) is 0 Å². The maximum atomic E-state index is 13.2. The summed E-state index contributed by atoms with van der Waals surface area (Å²) in [4.78, 5) is 27.9. The van der Waals surface area contributed by atoms with Gasteiger partial charge in [-0.25, -0.2) is 8.42 Å². The standard InChI is InChI=1S/C23H27ClN2O6S/c1-16(2)20(25-33(29,30)19-10-8-18(24)9-11-19)23(28)32-21(17-6-4-3-5-7-17)22(27)26-12-14-31-15-13-26/h3-11,16,20-21,25H,12-15H2,1-2H3. The molecule has 0 saturated carbocycles. The van der Waals surface area contributed by atoms with Gasteiger partial charge >= 0.3 is 5.97 Å². The molecule has 2 aromatic rings. The number of rotatable bonds is 8. The molecule has 1 saturated heterocycles. The number of benzene rings is 2. The van der Waals surface area contributed by atoms with Gasteiger partial charge in [-0.05, 0) is 30.2 Å². The number of ether oxygens (including phenoxy) is 2. The van der Waals surface area contributed by atoms with Crippen LogP contribution in [-0.4, -0.2) is 57.5 Å². The molecule has 2 unspecified atom stereocenters. The Morgan fingerprint density at radius 2 is 1.64 bits per heavy atom. The van der Waals surface area contributed by atoms with Gasteiger partial charge < -0.3 is 14.4 Å². The molecule has 0 radical (unpaired) electrons. The number of carbonyl (C=O) groups is 2. The minimum absolute atomic E-state index is 0.0330. The zero-order valence-corrected chi connectivity index (χ0v) is 20.0. The molecule has 2 aromatic carbocycles. The van der Waals surface area contributed by atoms with Crippen molar-refractivity contribution in [1.82, 2.24) is 9.62 Å². The van der Waals surface area contributed by atoms with Gasteiger partial charge in [0.2, 0.25) is 16.1 Å². The molecule has 1 amide bonds. The largest absolute Gasteiger partial charge is 0.446 e. The molecule has 1 N–H and O–H groups in total. The molecule has 1 aliphatic rings. The summed E-state index contributed by atoms with van der Waals surface area (Å²) >= 11 is 5.84. The monoisotopic (exact) mass is 494 g/mol. The lowest BCUT2D eigenvalue weighted by molar-refractivity contribution is -0.164. The van der Waals surface area contributed by atoms with Crippen molar-refractivity contribution in [2.75, 3.05) is 26.3 Å². The summed E-state index contributed by atoms with van der Waals surface area (Å²) in [5.41, 5.74) is 0.505. The van der Waals surface area contributed by atoms with Gasteiger partial charge in [0, 0.05) is 23.7 Å². The average molecular weight is 495 g/mol. The number of carbonyl (C=O) groups excluding carboxylic acids is 2. The van der Waals surface area contributed by atoms with Crippen LogP contribution in [0.1, 0.15) is 25.5 Å². The van der Waals surface area contributed by atoms with Crippen molar-refractivity contribution in [3.05, 3.63) is 65.2 Å². The minimum Gasteiger partial charge on any atom is -0.446 e. The minimum atomic E-state index is -4.03. The third kappa shape index (κ3) is 6.54. The van der Waals surface area contributed by atoms with Crippen LogP contribution in [0.5, 0.6) is 0 Å². The van der Waals surface area contributed by atoms with Crippen LogP contribution in [-0.2, 0) is 29.1 Å². The Morgan fingerprint density at radius 1 is 1.03 bits per heavy atom. The number of hydrogen-bond acceptors (Lipinski definition) is 6.